The Bertz CT molecular complexity index is 411. The third-order valence-electron chi connectivity index (χ3n) is 2.19. The molecule has 1 aromatic heterocycles. The normalized spacial score (nSPS) is 10.5. The third-order valence-corrected chi connectivity index (χ3v) is 3.91. The van der Waals surface area contributed by atoms with Gasteiger partial charge in [-0.15, -0.1) is 11.3 Å². The molecule has 1 aromatic carbocycles. The molecule has 0 aliphatic rings. The Kier molecular flexibility index (Phi) is 3.94. The minimum absolute atomic E-state index is 1.05. The number of quaternary nitrogens is 1. The van der Waals surface area contributed by atoms with Crippen LogP contribution in [0.3, 0.4) is 0 Å². The van der Waals surface area contributed by atoms with E-state index in [0.29, 0.717) is 0 Å². The Morgan fingerprint density at radius 2 is 1.93 bits per heavy atom. The van der Waals surface area contributed by atoms with Gasteiger partial charge in [-0.2, -0.15) is 0 Å². The van der Waals surface area contributed by atoms with Crippen molar-refractivity contribution < 1.29 is 5.32 Å². The standard InChI is InChI=1S/C12H12BrNS/c13-11-6-12(15-9-11)8-14-7-10-4-2-1-3-5-10/h1-6,9,14H,7-8H2/p+1. The van der Waals surface area contributed by atoms with E-state index in [2.05, 4.69) is 63.0 Å². The maximum atomic E-state index is 3.47. The third kappa shape index (κ3) is 3.45. The molecule has 0 unspecified atom stereocenters. The fraction of sp³-hybridized carbons (Fsp3) is 0.167. The van der Waals surface area contributed by atoms with Crippen LogP contribution in [-0.4, -0.2) is 0 Å². The quantitative estimate of drug-likeness (QED) is 0.888. The van der Waals surface area contributed by atoms with Gasteiger partial charge in [-0.1, -0.05) is 30.3 Å². The maximum Gasteiger partial charge on any atom is 0.111 e. The van der Waals surface area contributed by atoms with Crippen LogP contribution in [-0.2, 0) is 13.1 Å². The summed E-state index contributed by atoms with van der Waals surface area (Å²) in [5.74, 6) is 0. The van der Waals surface area contributed by atoms with Crippen LogP contribution in [0.25, 0.3) is 0 Å². The van der Waals surface area contributed by atoms with Gasteiger partial charge < -0.3 is 5.32 Å². The Labute approximate surface area is 102 Å². The molecule has 0 atom stereocenters. The van der Waals surface area contributed by atoms with Gasteiger partial charge in [0.05, 0.1) is 4.88 Å². The molecule has 78 valence electrons. The smallest absolute Gasteiger partial charge is 0.111 e. The number of hydrogen-bond acceptors (Lipinski definition) is 1. The molecule has 0 saturated heterocycles. The lowest BCUT2D eigenvalue weighted by molar-refractivity contribution is -0.685. The van der Waals surface area contributed by atoms with Gasteiger partial charge in [-0.05, 0) is 22.0 Å². The minimum atomic E-state index is 1.05. The topological polar surface area (TPSA) is 16.6 Å². The van der Waals surface area contributed by atoms with Gasteiger partial charge in [0, 0.05) is 15.4 Å². The van der Waals surface area contributed by atoms with E-state index in [0.717, 1.165) is 13.1 Å². The van der Waals surface area contributed by atoms with Gasteiger partial charge in [0.15, 0.2) is 0 Å². The number of halogens is 1. The molecule has 3 heteroatoms. The Morgan fingerprint density at radius 1 is 1.13 bits per heavy atom. The van der Waals surface area contributed by atoms with Crippen molar-refractivity contribution in [2.75, 3.05) is 0 Å². The van der Waals surface area contributed by atoms with Crippen LogP contribution >= 0.6 is 27.3 Å². The van der Waals surface area contributed by atoms with E-state index in [1.54, 1.807) is 11.3 Å². The first-order valence-corrected chi connectivity index (χ1v) is 6.60. The fourth-order valence-corrected chi connectivity index (χ4v) is 2.91. The first-order chi connectivity index (χ1) is 7.34. The van der Waals surface area contributed by atoms with Crippen molar-refractivity contribution in [2.45, 2.75) is 13.1 Å². The summed E-state index contributed by atoms with van der Waals surface area (Å²) in [6, 6.07) is 12.8. The SMILES string of the molecule is Brc1csc(C[NH2+]Cc2ccccc2)c1. The van der Waals surface area contributed by atoms with Crippen molar-refractivity contribution >= 4 is 27.3 Å². The molecule has 1 heterocycles. The second-order valence-electron chi connectivity index (χ2n) is 3.41. The highest BCUT2D eigenvalue weighted by molar-refractivity contribution is 9.10. The van der Waals surface area contributed by atoms with Crippen LogP contribution in [0.1, 0.15) is 10.4 Å². The van der Waals surface area contributed by atoms with Gasteiger partial charge in [0.2, 0.25) is 0 Å². The Balaban J connectivity index is 1.80. The molecule has 0 amide bonds. The van der Waals surface area contributed by atoms with E-state index in [-0.39, 0.29) is 0 Å². The summed E-state index contributed by atoms with van der Waals surface area (Å²) in [5.41, 5.74) is 1.38. The number of hydrogen-bond donors (Lipinski definition) is 1. The van der Waals surface area contributed by atoms with Crippen molar-refractivity contribution in [1.29, 1.82) is 0 Å². The Morgan fingerprint density at radius 3 is 2.60 bits per heavy atom. The van der Waals surface area contributed by atoms with E-state index in [1.165, 1.54) is 14.9 Å². The number of benzene rings is 1. The summed E-state index contributed by atoms with van der Waals surface area (Å²) < 4.78 is 1.19. The molecule has 0 aliphatic carbocycles. The molecule has 2 aromatic rings. The van der Waals surface area contributed by atoms with Gasteiger partial charge in [0.25, 0.3) is 0 Å². The van der Waals surface area contributed by atoms with Crippen molar-refractivity contribution in [1.82, 2.24) is 0 Å². The number of nitrogens with two attached hydrogens (primary N) is 1. The predicted octanol–water partition coefficient (Wildman–Crippen LogP) is 2.77. The molecule has 0 fully saturated rings. The van der Waals surface area contributed by atoms with Crippen LogP contribution < -0.4 is 5.32 Å². The summed E-state index contributed by atoms with van der Waals surface area (Å²) in [4.78, 5) is 1.41. The predicted molar refractivity (Wildman–Crippen MR) is 67.8 cm³/mol. The molecule has 0 aliphatic heterocycles. The molecular formula is C12H13BrNS+. The molecule has 0 spiro atoms. The maximum absolute atomic E-state index is 3.47. The first kappa shape index (κ1) is 10.9. The van der Waals surface area contributed by atoms with Crippen LogP contribution in [0.5, 0.6) is 0 Å². The lowest BCUT2D eigenvalue weighted by atomic mass is 10.2. The van der Waals surface area contributed by atoms with Gasteiger partial charge in [-0.3, -0.25) is 0 Å². The minimum Gasteiger partial charge on any atom is -0.338 e. The van der Waals surface area contributed by atoms with E-state index in [1.807, 2.05) is 0 Å². The summed E-state index contributed by atoms with van der Waals surface area (Å²) in [5, 5.41) is 4.46. The zero-order valence-corrected chi connectivity index (χ0v) is 10.7. The highest BCUT2D eigenvalue weighted by Crippen LogP contribution is 2.18. The van der Waals surface area contributed by atoms with Crippen LogP contribution in [0.15, 0.2) is 46.3 Å². The summed E-state index contributed by atoms with van der Waals surface area (Å²) in [7, 11) is 0. The van der Waals surface area contributed by atoms with Gasteiger partial charge in [0.1, 0.15) is 13.1 Å². The van der Waals surface area contributed by atoms with Crippen molar-refractivity contribution in [3.8, 4) is 0 Å². The molecule has 1 nitrogen and oxygen atoms in total. The first-order valence-electron chi connectivity index (χ1n) is 4.93. The van der Waals surface area contributed by atoms with Gasteiger partial charge >= 0.3 is 0 Å². The largest absolute Gasteiger partial charge is 0.338 e. The zero-order chi connectivity index (χ0) is 10.5. The summed E-state index contributed by atoms with van der Waals surface area (Å²) in [6.07, 6.45) is 0. The summed E-state index contributed by atoms with van der Waals surface area (Å²) in [6.45, 7) is 2.11. The second kappa shape index (κ2) is 5.45. The molecule has 0 saturated carbocycles. The molecule has 2 N–H and O–H groups in total. The number of rotatable bonds is 4. The monoisotopic (exact) mass is 282 g/mol. The molecule has 0 bridgehead atoms. The summed E-state index contributed by atoms with van der Waals surface area (Å²) >= 11 is 5.27. The molecule has 2 rings (SSSR count). The zero-order valence-electron chi connectivity index (χ0n) is 8.32. The number of thiophene rings is 1. The highest BCUT2D eigenvalue weighted by Gasteiger charge is 1.99. The van der Waals surface area contributed by atoms with E-state index >= 15 is 0 Å². The van der Waals surface area contributed by atoms with E-state index in [9.17, 15) is 0 Å². The van der Waals surface area contributed by atoms with Crippen LogP contribution in [0.2, 0.25) is 0 Å². The second-order valence-corrected chi connectivity index (χ2v) is 5.33. The fourth-order valence-electron chi connectivity index (χ4n) is 1.46. The highest BCUT2D eigenvalue weighted by atomic mass is 79.9. The van der Waals surface area contributed by atoms with E-state index < -0.39 is 0 Å². The van der Waals surface area contributed by atoms with E-state index in [4.69, 9.17) is 0 Å². The lowest BCUT2D eigenvalue weighted by Crippen LogP contribution is -2.80. The van der Waals surface area contributed by atoms with Gasteiger partial charge in [-0.25, -0.2) is 0 Å². The molecule has 0 radical (unpaired) electrons. The Hall–Kier alpha value is -0.640. The van der Waals surface area contributed by atoms with Crippen molar-refractivity contribution in [3.05, 3.63) is 56.7 Å². The van der Waals surface area contributed by atoms with Crippen LogP contribution in [0.4, 0.5) is 0 Å². The van der Waals surface area contributed by atoms with Crippen molar-refractivity contribution in [3.63, 3.8) is 0 Å². The average molecular weight is 283 g/mol. The average Bonchev–Trinajstić information content (AvgIpc) is 2.66. The molecule has 15 heavy (non-hydrogen) atoms. The van der Waals surface area contributed by atoms with Crippen LogP contribution in [0, 0.1) is 0 Å². The van der Waals surface area contributed by atoms with Crippen molar-refractivity contribution in [2.24, 2.45) is 0 Å². The molecular weight excluding hydrogens is 270 g/mol. The lowest BCUT2D eigenvalue weighted by Gasteiger charge is -1.99.